The van der Waals surface area contributed by atoms with E-state index < -0.39 is 16.9 Å². The SMILES string of the molecule is C.NC(=O)c1ccc2c(c1)[C@]13CCN(CC4CC4)[C@H](C2)[C@]1(O)CC(C(=O)NCCN1CCOCC1)C3. The number of carbonyl (C=O) groups is 2. The van der Waals surface area contributed by atoms with Gasteiger partial charge in [0.15, 0.2) is 0 Å². The van der Waals surface area contributed by atoms with E-state index in [0.29, 0.717) is 24.9 Å². The molecule has 1 aromatic rings. The van der Waals surface area contributed by atoms with Crippen LogP contribution in [0.1, 0.15) is 61.0 Å². The number of ether oxygens (including phenoxy) is 1. The average Bonchev–Trinajstić information content (AvgIpc) is 3.60. The van der Waals surface area contributed by atoms with Crippen LogP contribution in [0.3, 0.4) is 0 Å². The number of nitrogens with two attached hydrogens (primary N) is 1. The number of aliphatic hydroxyl groups is 1. The number of fused-ring (bicyclic) bond motifs is 1. The molecule has 5 aliphatic rings. The Kier molecular flexibility index (Phi) is 6.91. The van der Waals surface area contributed by atoms with Crippen molar-refractivity contribution in [2.24, 2.45) is 17.6 Å². The van der Waals surface area contributed by atoms with E-state index in [9.17, 15) is 14.7 Å². The predicted molar refractivity (Wildman–Crippen MR) is 138 cm³/mol. The smallest absolute Gasteiger partial charge is 0.248 e. The Labute approximate surface area is 214 Å². The van der Waals surface area contributed by atoms with E-state index in [0.717, 1.165) is 70.3 Å². The lowest BCUT2D eigenvalue weighted by atomic mass is 9.56. The summed E-state index contributed by atoms with van der Waals surface area (Å²) in [5, 5.41) is 15.6. The van der Waals surface area contributed by atoms with Gasteiger partial charge in [-0.1, -0.05) is 13.5 Å². The first kappa shape index (κ1) is 25.6. The number of benzene rings is 1. The number of likely N-dealkylation sites (tertiary alicyclic amines) is 1. The molecule has 0 spiro atoms. The number of primary amides is 1. The van der Waals surface area contributed by atoms with Gasteiger partial charge >= 0.3 is 0 Å². The lowest BCUT2D eigenvalue weighted by Gasteiger charge is -2.59. The summed E-state index contributed by atoms with van der Waals surface area (Å²) in [6.07, 6.45) is 5.21. The number of nitrogens with one attached hydrogen (secondary N) is 1. The van der Waals surface area contributed by atoms with Crippen molar-refractivity contribution in [1.82, 2.24) is 15.1 Å². The second-order valence-corrected chi connectivity index (χ2v) is 11.5. The van der Waals surface area contributed by atoms with Gasteiger partial charge in [0, 0.05) is 55.7 Å². The van der Waals surface area contributed by atoms with Crippen LogP contribution in [0, 0.1) is 11.8 Å². The summed E-state index contributed by atoms with van der Waals surface area (Å²) in [5.41, 5.74) is 6.87. The molecule has 8 nitrogen and oxygen atoms in total. The summed E-state index contributed by atoms with van der Waals surface area (Å²) in [7, 11) is 0. The lowest BCUT2D eigenvalue weighted by Crippen LogP contribution is -2.69. The molecule has 8 heteroatoms. The van der Waals surface area contributed by atoms with Gasteiger partial charge in [0.25, 0.3) is 0 Å². The van der Waals surface area contributed by atoms with E-state index in [2.05, 4.69) is 15.1 Å². The molecule has 2 heterocycles. The van der Waals surface area contributed by atoms with Crippen molar-refractivity contribution in [3.63, 3.8) is 0 Å². The van der Waals surface area contributed by atoms with E-state index in [1.54, 1.807) is 0 Å². The summed E-state index contributed by atoms with van der Waals surface area (Å²) < 4.78 is 5.41. The third-order valence-electron chi connectivity index (χ3n) is 9.51. The topological polar surface area (TPSA) is 108 Å². The van der Waals surface area contributed by atoms with Crippen LogP contribution < -0.4 is 11.1 Å². The van der Waals surface area contributed by atoms with Crippen molar-refractivity contribution in [3.8, 4) is 0 Å². The van der Waals surface area contributed by atoms with Crippen molar-refractivity contribution in [2.45, 2.75) is 63.0 Å². The summed E-state index contributed by atoms with van der Waals surface area (Å²) >= 11 is 0. The maximum atomic E-state index is 13.4. The molecular formula is C28H42N4O4. The fraction of sp³-hybridized carbons (Fsp3) is 0.714. The minimum Gasteiger partial charge on any atom is -0.387 e. The number of carbonyl (C=O) groups excluding carboxylic acids is 2. The van der Waals surface area contributed by atoms with Crippen LogP contribution in [-0.4, -0.2) is 90.8 Å². The quantitative estimate of drug-likeness (QED) is 0.523. The zero-order valence-electron chi connectivity index (χ0n) is 20.5. The Morgan fingerprint density at radius 1 is 1.17 bits per heavy atom. The number of hydrogen-bond donors (Lipinski definition) is 3. The standard InChI is InChI=1S/C27H38N4O4.CH4/c28-24(32)20-4-3-19-14-23-27(34)16-21(25(33)29-6-8-30-9-11-35-12-10-30)15-26(27,22(19)13-20)5-7-31(23)17-18-1-2-18;/h3-4,13,18,21,23,34H,1-2,5-12,14-17H2,(H2,28,32)(H,29,33);1H4/t21?,23-,26-,27-;/m1./s1. The molecule has 2 saturated carbocycles. The number of nitrogens with zero attached hydrogens (tertiary/aromatic N) is 2. The van der Waals surface area contributed by atoms with Crippen LogP contribution in [-0.2, 0) is 21.4 Å². The predicted octanol–water partition coefficient (Wildman–Crippen LogP) is 1.29. The van der Waals surface area contributed by atoms with Gasteiger partial charge in [-0.2, -0.15) is 0 Å². The molecule has 4 atom stereocenters. The zero-order chi connectivity index (χ0) is 24.2. The Morgan fingerprint density at radius 2 is 1.94 bits per heavy atom. The Bertz CT molecular complexity index is 1010. The van der Waals surface area contributed by atoms with Crippen LogP contribution in [0.2, 0.25) is 0 Å². The lowest BCUT2D eigenvalue weighted by molar-refractivity contribution is -0.134. The van der Waals surface area contributed by atoms with Gasteiger partial charge in [0.05, 0.1) is 18.8 Å². The average molecular weight is 499 g/mol. The molecule has 198 valence electrons. The summed E-state index contributed by atoms with van der Waals surface area (Å²) in [6, 6.07) is 5.76. The van der Waals surface area contributed by atoms with Crippen LogP contribution in [0.4, 0.5) is 0 Å². The molecule has 2 aliphatic heterocycles. The van der Waals surface area contributed by atoms with E-state index >= 15 is 0 Å². The maximum Gasteiger partial charge on any atom is 0.248 e. The van der Waals surface area contributed by atoms with E-state index in [-0.39, 0.29) is 25.3 Å². The third kappa shape index (κ3) is 4.26. The number of amides is 2. The molecule has 3 aliphatic carbocycles. The van der Waals surface area contributed by atoms with Crippen molar-refractivity contribution < 1.29 is 19.4 Å². The molecule has 1 aromatic carbocycles. The highest BCUT2D eigenvalue weighted by Crippen LogP contribution is 2.61. The van der Waals surface area contributed by atoms with Crippen molar-refractivity contribution in [3.05, 3.63) is 34.9 Å². The van der Waals surface area contributed by atoms with E-state index in [1.807, 2.05) is 18.2 Å². The van der Waals surface area contributed by atoms with Gasteiger partial charge < -0.3 is 20.9 Å². The first-order chi connectivity index (χ1) is 16.9. The highest BCUT2D eigenvalue weighted by molar-refractivity contribution is 5.93. The molecule has 6 rings (SSSR count). The minimum atomic E-state index is -0.977. The number of rotatable bonds is 7. The van der Waals surface area contributed by atoms with E-state index in [4.69, 9.17) is 10.5 Å². The fourth-order valence-corrected chi connectivity index (χ4v) is 7.49. The second kappa shape index (κ2) is 9.71. The molecule has 2 saturated heterocycles. The maximum absolute atomic E-state index is 13.4. The first-order valence-electron chi connectivity index (χ1n) is 13.4. The van der Waals surface area contributed by atoms with Gasteiger partial charge in [-0.05, 0) is 74.2 Å². The molecule has 1 unspecified atom stereocenters. The molecule has 4 N–H and O–H groups in total. The summed E-state index contributed by atoms with van der Waals surface area (Å²) in [5.74, 6) is 0.0977. The molecular weight excluding hydrogens is 456 g/mol. The van der Waals surface area contributed by atoms with E-state index in [1.165, 1.54) is 18.4 Å². The third-order valence-corrected chi connectivity index (χ3v) is 9.51. The molecule has 2 amide bonds. The number of piperidine rings is 1. The zero-order valence-corrected chi connectivity index (χ0v) is 20.5. The summed E-state index contributed by atoms with van der Waals surface area (Å²) in [4.78, 5) is 30.2. The van der Waals surface area contributed by atoms with Crippen molar-refractivity contribution >= 4 is 11.8 Å². The Morgan fingerprint density at radius 3 is 2.67 bits per heavy atom. The summed E-state index contributed by atoms with van der Waals surface area (Å²) in [6.45, 7) is 6.69. The van der Waals surface area contributed by atoms with Gasteiger partial charge in [-0.25, -0.2) is 0 Å². The largest absolute Gasteiger partial charge is 0.387 e. The molecule has 2 bridgehead atoms. The Hall–Kier alpha value is -2.00. The van der Waals surface area contributed by atoms with Crippen molar-refractivity contribution in [2.75, 3.05) is 52.5 Å². The van der Waals surface area contributed by atoms with Crippen LogP contribution in [0.5, 0.6) is 0 Å². The monoisotopic (exact) mass is 498 g/mol. The first-order valence-corrected chi connectivity index (χ1v) is 13.4. The minimum absolute atomic E-state index is 0. The molecule has 36 heavy (non-hydrogen) atoms. The molecule has 4 fully saturated rings. The number of hydrogen-bond acceptors (Lipinski definition) is 6. The molecule has 0 aromatic heterocycles. The van der Waals surface area contributed by atoms with Crippen LogP contribution in [0.25, 0.3) is 0 Å². The van der Waals surface area contributed by atoms with Gasteiger partial charge in [-0.3, -0.25) is 19.4 Å². The fourth-order valence-electron chi connectivity index (χ4n) is 7.49. The highest BCUT2D eigenvalue weighted by Gasteiger charge is 2.68. The molecule has 0 radical (unpaired) electrons. The Balaban J connectivity index is 0.00000267. The second-order valence-electron chi connectivity index (χ2n) is 11.5. The van der Waals surface area contributed by atoms with Crippen LogP contribution >= 0.6 is 0 Å². The normalized spacial score (nSPS) is 33.8. The van der Waals surface area contributed by atoms with Gasteiger partial charge in [0.1, 0.15) is 0 Å². The highest BCUT2D eigenvalue weighted by atomic mass is 16.5. The van der Waals surface area contributed by atoms with Gasteiger partial charge in [0.2, 0.25) is 11.8 Å². The van der Waals surface area contributed by atoms with Crippen LogP contribution in [0.15, 0.2) is 18.2 Å². The van der Waals surface area contributed by atoms with Crippen molar-refractivity contribution in [1.29, 1.82) is 0 Å². The number of morpholine rings is 1. The van der Waals surface area contributed by atoms with Gasteiger partial charge in [-0.15, -0.1) is 0 Å².